The molecule has 38 heavy (non-hydrogen) atoms. The van der Waals surface area contributed by atoms with Crippen molar-refractivity contribution in [1.29, 1.82) is 0 Å². The van der Waals surface area contributed by atoms with E-state index in [1.54, 1.807) is 25.7 Å². The number of β-amino-alcohol motifs (C(OH)–C–C–N with tert-alkyl or cyclic N) is 1. The van der Waals surface area contributed by atoms with Crippen LogP contribution in [-0.4, -0.2) is 62.7 Å². The van der Waals surface area contributed by atoms with E-state index in [9.17, 15) is 23.1 Å². The topological polar surface area (TPSA) is 108 Å². The predicted octanol–water partition coefficient (Wildman–Crippen LogP) is 3.55. The molecule has 4 rings (SSSR count). The number of benzene rings is 1. The number of primary amides is 1. The number of halogens is 4. The van der Waals surface area contributed by atoms with Crippen LogP contribution in [0.1, 0.15) is 51.2 Å². The molecule has 2 atom stereocenters. The van der Waals surface area contributed by atoms with Crippen molar-refractivity contribution in [3.63, 3.8) is 0 Å². The highest BCUT2D eigenvalue weighted by Crippen LogP contribution is 2.36. The van der Waals surface area contributed by atoms with E-state index >= 15 is 4.39 Å². The maximum absolute atomic E-state index is 15.6. The zero-order valence-corrected chi connectivity index (χ0v) is 21.7. The molecule has 4 N–H and O–H groups in total. The third-order valence-electron chi connectivity index (χ3n) is 7.71. The minimum atomic E-state index is -4.42. The van der Waals surface area contributed by atoms with Gasteiger partial charge in [-0.05, 0) is 64.3 Å². The van der Waals surface area contributed by atoms with Gasteiger partial charge in [0.05, 0.1) is 16.7 Å². The molecular formula is C26H34F4N6O2. The number of piperidine rings is 1. The van der Waals surface area contributed by atoms with Crippen LogP contribution in [0.4, 0.5) is 29.2 Å². The Bertz CT molecular complexity index is 1150. The number of nitrogens with one attached hydrogen (secondary N) is 1. The molecule has 1 aliphatic heterocycles. The summed E-state index contributed by atoms with van der Waals surface area (Å²) in [5.74, 6) is -1.31. The maximum Gasteiger partial charge on any atom is 0.416 e. The number of nitrogens with two attached hydrogens (primary N) is 1. The number of aromatic nitrogens is 2. The van der Waals surface area contributed by atoms with E-state index in [4.69, 9.17) is 5.73 Å². The zero-order chi connectivity index (χ0) is 27.9. The summed E-state index contributed by atoms with van der Waals surface area (Å²) in [6.45, 7) is 6.35. The van der Waals surface area contributed by atoms with E-state index in [2.05, 4.69) is 15.3 Å². The summed E-state index contributed by atoms with van der Waals surface area (Å²) in [4.78, 5) is 23.7. The average molecular weight is 539 g/mol. The maximum atomic E-state index is 15.6. The number of amides is 1. The Balaban J connectivity index is 1.45. The molecule has 2 fully saturated rings. The third-order valence-corrected chi connectivity index (χ3v) is 7.71. The quantitative estimate of drug-likeness (QED) is 0.419. The first-order valence-electron chi connectivity index (χ1n) is 12.6. The molecule has 1 aromatic heterocycles. The number of hydrogen-bond donors (Lipinski definition) is 3. The summed E-state index contributed by atoms with van der Waals surface area (Å²) in [6.07, 6.45) is -0.962. The van der Waals surface area contributed by atoms with Gasteiger partial charge in [-0.1, -0.05) is 12.1 Å². The molecule has 0 spiro atoms. The number of nitrogens with zero attached hydrogens (tertiary/aromatic N) is 4. The van der Waals surface area contributed by atoms with Gasteiger partial charge in [-0.2, -0.15) is 17.6 Å². The minimum absolute atomic E-state index is 0.0104. The van der Waals surface area contributed by atoms with E-state index in [1.807, 2.05) is 4.90 Å². The van der Waals surface area contributed by atoms with Gasteiger partial charge in [0.2, 0.25) is 11.7 Å². The first-order chi connectivity index (χ1) is 17.7. The number of carbonyl (C=O) groups excluding carboxylic acids is 1. The van der Waals surface area contributed by atoms with Gasteiger partial charge < -0.3 is 21.1 Å². The summed E-state index contributed by atoms with van der Waals surface area (Å²) < 4.78 is 54.3. The van der Waals surface area contributed by atoms with Crippen LogP contribution in [-0.2, 0) is 17.5 Å². The van der Waals surface area contributed by atoms with Gasteiger partial charge in [0.25, 0.3) is 0 Å². The number of hydrogen-bond acceptors (Lipinski definition) is 7. The van der Waals surface area contributed by atoms with E-state index in [1.165, 1.54) is 18.5 Å². The van der Waals surface area contributed by atoms with E-state index < -0.39 is 34.6 Å². The van der Waals surface area contributed by atoms with Crippen molar-refractivity contribution in [3.8, 4) is 0 Å². The van der Waals surface area contributed by atoms with E-state index in [0.29, 0.717) is 18.5 Å². The molecular weight excluding hydrogens is 504 g/mol. The molecule has 1 amide bonds. The second-order valence-electron chi connectivity index (χ2n) is 11.0. The van der Waals surface area contributed by atoms with Crippen molar-refractivity contribution < 1.29 is 27.5 Å². The van der Waals surface area contributed by atoms with Crippen LogP contribution < -0.4 is 16.0 Å². The van der Waals surface area contributed by atoms with Crippen molar-refractivity contribution in [2.75, 3.05) is 29.9 Å². The third kappa shape index (κ3) is 6.01. The minimum Gasteiger partial charge on any atom is -0.388 e. The van der Waals surface area contributed by atoms with Crippen LogP contribution in [0.3, 0.4) is 0 Å². The molecule has 1 saturated carbocycles. The molecule has 1 aromatic carbocycles. The lowest BCUT2D eigenvalue weighted by Gasteiger charge is -2.48. The van der Waals surface area contributed by atoms with Crippen LogP contribution in [0, 0.1) is 11.7 Å². The van der Waals surface area contributed by atoms with Crippen molar-refractivity contribution in [2.24, 2.45) is 11.7 Å². The summed E-state index contributed by atoms with van der Waals surface area (Å²) >= 11 is 0. The average Bonchev–Trinajstić information content (AvgIpc) is 3.67. The Morgan fingerprint density at radius 1 is 1.21 bits per heavy atom. The summed E-state index contributed by atoms with van der Waals surface area (Å²) in [6, 6.07) is 4.86. The molecule has 2 aliphatic rings. The largest absolute Gasteiger partial charge is 0.416 e. The van der Waals surface area contributed by atoms with Crippen LogP contribution in [0.15, 0.2) is 30.6 Å². The molecule has 1 saturated heterocycles. The lowest BCUT2D eigenvalue weighted by atomic mass is 9.80. The van der Waals surface area contributed by atoms with Crippen LogP contribution in [0.5, 0.6) is 0 Å². The van der Waals surface area contributed by atoms with Crippen molar-refractivity contribution >= 4 is 17.5 Å². The number of anilines is 2. The van der Waals surface area contributed by atoms with Gasteiger partial charge >= 0.3 is 6.18 Å². The van der Waals surface area contributed by atoms with Crippen molar-refractivity contribution in [2.45, 2.75) is 69.9 Å². The number of likely N-dealkylation sites (tertiary alicyclic amines) is 1. The molecule has 208 valence electrons. The van der Waals surface area contributed by atoms with E-state index in [-0.39, 0.29) is 43.2 Å². The molecule has 1 aliphatic carbocycles. The fourth-order valence-corrected chi connectivity index (χ4v) is 4.83. The molecule has 8 nitrogen and oxygen atoms in total. The molecule has 0 radical (unpaired) electrons. The van der Waals surface area contributed by atoms with Gasteiger partial charge in [0.15, 0.2) is 11.6 Å². The zero-order valence-electron chi connectivity index (χ0n) is 21.7. The highest BCUT2D eigenvalue weighted by molar-refractivity contribution is 5.83. The second-order valence-corrected chi connectivity index (χ2v) is 11.0. The predicted molar refractivity (Wildman–Crippen MR) is 135 cm³/mol. The Morgan fingerprint density at radius 2 is 1.87 bits per heavy atom. The summed E-state index contributed by atoms with van der Waals surface area (Å²) in [5, 5.41) is 14.1. The first kappa shape index (κ1) is 28.0. The Kier molecular flexibility index (Phi) is 7.59. The SMILES string of the molecule is CC(C)(C(N)=O)N1CC[C@@H](CNc2ncnc(N(Cc3ccc(C(F)(F)F)cc3)C3CC3)c2F)[C@@](C)(O)C1. The van der Waals surface area contributed by atoms with E-state index in [0.717, 1.165) is 25.0 Å². The Morgan fingerprint density at radius 3 is 2.42 bits per heavy atom. The van der Waals surface area contributed by atoms with Gasteiger partial charge in [-0.15, -0.1) is 0 Å². The number of rotatable bonds is 9. The lowest BCUT2D eigenvalue weighted by molar-refractivity contribution is -0.137. The van der Waals surface area contributed by atoms with Gasteiger partial charge in [-0.25, -0.2) is 9.97 Å². The number of carbonyl (C=O) groups is 1. The van der Waals surface area contributed by atoms with Crippen molar-refractivity contribution in [3.05, 3.63) is 47.5 Å². The smallest absolute Gasteiger partial charge is 0.388 e. The second kappa shape index (κ2) is 10.3. The molecule has 0 unspecified atom stereocenters. The van der Waals surface area contributed by atoms with Crippen LogP contribution >= 0.6 is 0 Å². The highest BCUT2D eigenvalue weighted by Gasteiger charge is 2.44. The fourth-order valence-electron chi connectivity index (χ4n) is 4.83. The van der Waals surface area contributed by atoms with Crippen LogP contribution in [0.2, 0.25) is 0 Å². The molecule has 2 heterocycles. The van der Waals surface area contributed by atoms with Crippen molar-refractivity contribution in [1.82, 2.24) is 14.9 Å². The standard InChI is InChI=1S/C26H34F4N6O2/c1-24(2,23(31)37)35-11-10-18(25(3,38)14-35)12-32-21-20(27)22(34-15-33-21)36(19-8-9-19)13-16-4-6-17(7-5-16)26(28,29)30/h4-7,15,18-19,38H,8-14H2,1-3H3,(H2,31,37)(H,32,33,34)/t18-,25-/m0/s1. The lowest BCUT2D eigenvalue weighted by Crippen LogP contribution is -2.63. The van der Waals surface area contributed by atoms with Gasteiger partial charge in [0.1, 0.15) is 6.33 Å². The Hall–Kier alpha value is -2.99. The van der Waals surface area contributed by atoms with Crippen LogP contribution in [0.25, 0.3) is 0 Å². The molecule has 2 aromatic rings. The fraction of sp³-hybridized carbons (Fsp3) is 0.577. The molecule has 0 bridgehead atoms. The Labute approximate surface area is 219 Å². The highest BCUT2D eigenvalue weighted by atomic mass is 19.4. The first-order valence-corrected chi connectivity index (χ1v) is 12.6. The number of alkyl halides is 3. The number of aliphatic hydroxyl groups is 1. The van der Waals surface area contributed by atoms with Gasteiger partial charge in [0, 0.05) is 31.6 Å². The summed E-state index contributed by atoms with van der Waals surface area (Å²) in [7, 11) is 0. The monoisotopic (exact) mass is 538 g/mol. The van der Waals surface area contributed by atoms with Gasteiger partial charge in [-0.3, -0.25) is 9.69 Å². The normalized spacial score (nSPS) is 22.8. The molecule has 12 heteroatoms. The summed E-state index contributed by atoms with van der Waals surface area (Å²) in [5.41, 5.74) is 3.34.